The van der Waals surface area contributed by atoms with Gasteiger partial charge in [0.2, 0.25) is 0 Å². The van der Waals surface area contributed by atoms with Gasteiger partial charge in [-0.2, -0.15) is 0 Å². The molecule has 0 spiro atoms. The molecule has 1 atom stereocenters. The highest BCUT2D eigenvalue weighted by molar-refractivity contribution is 5.28. The molecule has 0 saturated carbocycles. The quantitative estimate of drug-likeness (QED) is 0.775. The minimum Gasteiger partial charge on any atom is -0.361 e. The molecule has 1 aromatic heterocycles. The molecule has 0 radical (unpaired) electrons. The summed E-state index contributed by atoms with van der Waals surface area (Å²) in [5, 5.41) is 7.53. The molecular formula is C12H19N3O. The van der Waals surface area contributed by atoms with Gasteiger partial charge in [-0.15, -0.1) is 0 Å². The van der Waals surface area contributed by atoms with E-state index in [9.17, 15) is 0 Å². The van der Waals surface area contributed by atoms with Gasteiger partial charge in [-0.25, -0.2) is 0 Å². The number of rotatable bonds is 1. The summed E-state index contributed by atoms with van der Waals surface area (Å²) in [7, 11) is 0. The van der Waals surface area contributed by atoms with Crippen molar-refractivity contribution in [2.75, 3.05) is 26.2 Å². The molecule has 2 heterocycles. The van der Waals surface area contributed by atoms with Crippen molar-refractivity contribution in [2.45, 2.75) is 32.2 Å². The van der Waals surface area contributed by atoms with Gasteiger partial charge in [0.05, 0.1) is 5.69 Å². The van der Waals surface area contributed by atoms with Crippen LogP contribution in [0.1, 0.15) is 35.9 Å². The fourth-order valence-electron chi connectivity index (χ4n) is 2.99. The first-order valence-electron chi connectivity index (χ1n) is 6.26. The predicted octanol–water partition coefficient (Wildman–Crippen LogP) is 1.27. The molecule has 88 valence electrons. The number of nitrogens with zero attached hydrogens (tertiary/aromatic N) is 2. The van der Waals surface area contributed by atoms with Crippen LogP contribution >= 0.6 is 0 Å². The van der Waals surface area contributed by atoms with Crippen LogP contribution in [0.25, 0.3) is 0 Å². The third-order valence-corrected chi connectivity index (χ3v) is 3.79. The fraction of sp³-hybridized carbons (Fsp3) is 0.750. The summed E-state index contributed by atoms with van der Waals surface area (Å²) in [4.78, 5) is 2.58. The van der Waals surface area contributed by atoms with E-state index in [0.29, 0.717) is 6.04 Å². The SMILES string of the molecule is Cc1noc2c1C(N1CCNCC1)CCC2. The van der Waals surface area contributed by atoms with Crippen molar-refractivity contribution in [3.63, 3.8) is 0 Å². The lowest BCUT2D eigenvalue weighted by atomic mass is 9.90. The monoisotopic (exact) mass is 221 g/mol. The van der Waals surface area contributed by atoms with Crippen molar-refractivity contribution in [3.05, 3.63) is 17.0 Å². The number of fused-ring (bicyclic) bond motifs is 1. The highest BCUT2D eigenvalue weighted by Gasteiger charge is 2.31. The van der Waals surface area contributed by atoms with E-state index in [1.54, 1.807) is 0 Å². The second-order valence-electron chi connectivity index (χ2n) is 4.80. The van der Waals surface area contributed by atoms with Crippen LogP contribution in [0.2, 0.25) is 0 Å². The largest absolute Gasteiger partial charge is 0.361 e. The normalized spacial score (nSPS) is 26.7. The van der Waals surface area contributed by atoms with Crippen LogP contribution in [0, 0.1) is 6.92 Å². The molecule has 1 N–H and O–H groups in total. The van der Waals surface area contributed by atoms with Crippen LogP contribution in [0.3, 0.4) is 0 Å². The van der Waals surface area contributed by atoms with E-state index in [4.69, 9.17) is 4.52 Å². The number of hydrogen-bond donors (Lipinski definition) is 1. The lowest BCUT2D eigenvalue weighted by molar-refractivity contribution is 0.154. The van der Waals surface area contributed by atoms with Crippen molar-refractivity contribution < 1.29 is 4.52 Å². The molecule has 1 aliphatic heterocycles. The van der Waals surface area contributed by atoms with Gasteiger partial charge in [0.25, 0.3) is 0 Å². The van der Waals surface area contributed by atoms with E-state index < -0.39 is 0 Å². The van der Waals surface area contributed by atoms with Gasteiger partial charge in [-0.05, 0) is 19.8 Å². The molecule has 1 saturated heterocycles. The van der Waals surface area contributed by atoms with Crippen LogP contribution in [0.15, 0.2) is 4.52 Å². The maximum atomic E-state index is 5.42. The number of hydrogen-bond acceptors (Lipinski definition) is 4. The Morgan fingerprint density at radius 1 is 1.38 bits per heavy atom. The van der Waals surface area contributed by atoms with E-state index in [2.05, 4.69) is 22.3 Å². The first kappa shape index (κ1) is 10.3. The number of piperazine rings is 1. The Hall–Kier alpha value is -0.870. The smallest absolute Gasteiger partial charge is 0.141 e. The maximum absolute atomic E-state index is 5.42. The van der Waals surface area contributed by atoms with Crippen molar-refractivity contribution in [1.29, 1.82) is 0 Å². The zero-order valence-corrected chi connectivity index (χ0v) is 9.83. The van der Waals surface area contributed by atoms with E-state index >= 15 is 0 Å². The third-order valence-electron chi connectivity index (χ3n) is 3.79. The Morgan fingerprint density at radius 3 is 3.00 bits per heavy atom. The topological polar surface area (TPSA) is 41.3 Å². The van der Waals surface area contributed by atoms with Crippen molar-refractivity contribution >= 4 is 0 Å². The second kappa shape index (κ2) is 4.18. The van der Waals surface area contributed by atoms with E-state index in [1.807, 2.05) is 0 Å². The zero-order chi connectivity index (χ0) is 11.0. The number of aryl methyl sites for hydroxylation is 2. The highest BCUT2D eigenvalue weighted by Crippen LogP contribution is 2.36. The fourth-order valence-corrected chi connectivity index (χ4v) is 2.99. The summed E-state index contributed by atoms with van der Waals surface area (Å²) in [6, 6.07) is 0.553. The van der Waals surface area contributed by atoms with Gasteiger partial charge < -0.3 is 9.84 Å². The molecule has 4 heteroatoms. The lowest BCUT2D eigenvalue weighted by Crippen LogP contribution is -2.45. The first-order chi connectivity index (χ1) is 7.86. The molecule has 0 aromatic carbocycles. The standard InChI is InChI=1S/C12H19N3O/c1-9-12-10(15-7-5-13-6-8-15)3-2-4-11(12)16-14-9/h10,13H,2-8H2,1H3. The molecule has 1 unspecified atom stereocenters. The first-order valence-corrected chi connectivity index (χ1v) is 6.26. The average Bonchev–Trinajstić information content (AvgIpc) is 2.73. The molecule has 4 nitrogen and oxygen atoms in total. The van der Waals surface area contributed by atoms with Gasteiger partial charge in [0.15, 0.2) is 0 Å². The summed E-state index contributed by atoms with van der Waals surface area (Å²) < 4.78 is 5.42. The van der Waals surface area contributed by atoms with Crippen LogP contribution in [0.4, 0.5) is 0 Å². The van der Waals surface area contributed by atoms with Gasteiger partial charge in [-0.3, -0.25) is 4.90 Å². The Balaban J connectivity index is 1.88. The molecule has 3 rings (SSSR count). The summed E-state index contributed by atoms with van der Waals surface area (Å²) >= 11 is 0. The molecule has 0 amide bonds. The average molecular weight is 221 g/mol. The second-order valence-corrected chi connectivity index (χ2v) is 4.80. The Bertz CT molecular complexity index is 368. The number of nitrogens with one attached hydrogen (secondary N) is 1. The van der Waals surface area contributed by atoms with Crippen LogP contribution in [0.5, 0.6) is 0 Å². The summed E-state index contributed by atoms with van der Waals surface area (Å²) in [6.07, 6.45) is 3.56. The van der Waals surface area contributed by atoms with Gasteiger partial charge in [0, 0.05) is 44.2 Å². The van der Waals surface area contributed by atoms with E-state index in [0.717, 1.165) is 44.1 Å². The summed E-state index contributed by atoms with van der Waals surface area (Å²) in [5.74, 6) is 1.13. The van der Waals surface area contributed by atoms with Crippen LogP contribution in [-0.4, -0.2) is 36.2 Å². The Morgan fingerprint density at radius 2 is 2.19 bits per heavy atom. The molecule has 1 fully saturated rings. The highest BCUT2D eigenvalue weighted by atomic mass is 16.5. The van der Waals surface area contributed by atoms with E-state index in [-0.39, 0.29) is 0 Å². The molecule has 0 bridgehead atoms. The third kappa shape index (κ3) is 1.66. The predicted molar refractivity (Wildman–Crippen MR) is 61.4 cm³/mol. The Labute approximate surface area is 96.0 Å². The zero-order valence-electron chi connectivity index (χ0n) is 9.83. The van der Waals surface area contributed by atoms with E-state index in [1.165, 1.54) is 18.4 Å². The molecule has 16 heavy (non-hydrogen) atoms. The summed E-state index contributed by atoms with van der Waals surface area (Å²) in [5.41, 5.74) is 2.48. The number of aromatic nitrogens is 1. The maximum Gasteiger partial charge on any atom is 0.141 e. The van der Waals surface area contributed by atoms with Crippen LogP contribution in [-0.2, 0) is 6.42 Å². The minimum atomic E-state index is 0.553. The molecule has 2 aliphatic rings. The van der Waals surface area contributed by atoms with Gasteiger partial charge in [0.1, 0.15) is 5.76 Å². The summed E-state index contributed by atoms with van der Waals surface area (Å²) in [6.45, 7) is 6.58. The van der Waals surface area contributed by atoms with Crippen LogP contribution < -0.4 is 5.32 Å². The van der Waals surface area contributed by atoms with Crippen molar-refractivity contribution in [1.82, 2.24) is 15.4 Å². The van der Waals surface area contributed by atoms with Crippen molar-refractivity contribution in [2.24, 2.45) is 0 Å². The van der Waals surface area contributed by atoms with Gasteiger partial charge >= 0.3 is 0 Å². The molecular weight excluding hydrogens is 202 g/mol. The Kier molecular flexibility index (Phi) is 2.69. The minimum absolute atomic E-state index is 0.553. The van der Waals surface area contributed by atoms with Gasteiger partial charge in [-0.1, -0.05) is 5.16 Å². The lowest BCUT2D eigenvalue weighted by Gasteiger charge is -2.36. The molecule has 1 aliphatic carbocycles. The molecule has 1 aromatic rings. The van der Waals surface area contributed by atoms with Crippen molar-refractivity contribution in [3.8, 4) is 0 Å².